The number of nitrogens with zero attached hydrogens (tertiary/aromatic N) is 3. The Morgan fingerprint density at radius 1 is 1.63 bits per heavy atom. The molecule has 0 aliphatic rings. The Kier molecular flexibility index (Phi) is 5.43. The molecule has 8 heteroatoms. The van der Waals surface area contributed by atoms with E-state index in [9.17, 15) is 9.59 Å². The lowest BCUT2D eigenvalue weighted by atomic mass is 10.3. The smallest absolute Gasteiger partial charge is 0.375 e. The van der Waals surface area contributed by atoms with E-state index in [-0.39, 0.29) is 24.7 Å². The van der Waals surface area contributed by atoms with Crippen molar-refractivity contribution in [2.75, 3.05) is 6.61 Å². The summed E-state index contributed by atoms with van der Waals surface area (Å²) in [6, 6.07) is 1.06. The fraction of sp³-hybridized carbons (Fsp3) is 0.455. The molecule has 1 heterocycles. The van der Waals surface area contributed by atoms with Crippen molar-refractivity contribution in [3.63, 3.8) is 0 Å². The van der Waals surface area contributed by atoms with Crippen LogP contribution in [0, 0.1) is 0 Å². The molecule has 0 aromatic carbocycles. The highest BCUT2D eigenvalue weighted by Gasteiger charge is 2.19. The van der Waals surface area contributed by atoms with Gasteiger partial charge in [-0.05, 0) is 12.0 Å². The molecule has 0 bridgehead atoms. The Hall–Kier alpha value is -2.47. The Labute approximate surface area is 108 Å². The number of azide groups is 1. The molecular weight excluding hydrogens is 254 g/mol. The molecule has 1 aromatic rings. The van der Waals surface area contributed by atoms with Crippen LogP contribution in [-0.4, -0.2) is 17.7 Å². The first-order valence-corrected chi connectivity index (χ1v) is 5.64. The van der Waals surface area contributed by atoms with E-state index in [0.717, 1.165) is 12.5 Å². The summed E-state index contributed by atoms with van der Waals surface area (Å²) < 4.78 is 10.1. The molecule has 0 amide bonds. The standard InChI is InChI=1S/C11H13N3O5/c1-2-3-4-18-9-8(15)5-7(6-13-14-12)19-10(9)11(16)17/h5H,2-4,6H2,1H3,(H,16,17). The van der Waals surface area contributed by atoms with Crippen LogP contribution in [-0.2, 0) is 6.54 Å². The fourth-order valence-corrected chi connectivity index (χ4v) is 1.31. The summed E-state index contributed by atoms with van der Waals surface area (Å²) in [5.41, 5.74) is 7.56. The summed E-state index contributed by atoms with van der Waals surface area (Å²) in [6.45, 7) is 1.94. The molecule has 0 saturated carbocycles. The highest BCUT2D eigenvalue weighted by molar-refractivity contribution is 5.87. The Bertz CT molecular complexity index is 560. The average molecular weight is 267 g/mol. The van der Waals surface area contributed by atoms with Crippen molar-refractivity contribution in [1.29, 1.82) is 0 Å². The van der Waals surface area contributed by atoms with Gasteiger partial charge in [-0.1, -0.05) is 18.5 Å². The van der Waals surface area contributed by atoms with Gasteiger partial charge >= 0.3 is 5.97 Å². The highest BCUT2D eigenvalue weighted by Crippen LogP contribution is 2.16. The summed E-state index contributed by atoms with van der Waals surface area (Å²) in [5.74, 6) is -2.34. The monoisotopic (exact) mass is 267 g/mol. The quantitative estimate of drug-likeness (QED) is 0.351. The molecule has 0 unspecified atom stereocenters. The van der Waals surface area contributed by atoms with E-state index >= 15 is 0 Å². The van der Waals surface area contributed by atoms with E-state index in [2.05, 4.69) is 10.0 Å². The fourth-order valence-electron chi connectivity index (χ4n) is 1.31. The van der Waals surface area contributed by atoms with Crippen molar-refractivity contribution < 1.29 is 19.1 Å². The van der Waals surface area contributed by atoms with Crippen molar-refractivity contribution >= 4 is 5.97 Å². The number of ether oxygens (including phenoxy) is 1. The maximum atomic E-state index is 11.7. The minimum absolute atomic E-state index is 0.0250. The van der Waals surface area contributed by atoms with Gasteiger partial charge in [-0.15, -0.1) is 0 Å². The number of carboxylic acids is 1. The molecule has 0 aliphatic carbocycles. The zero-order valence-electron chi connectivity index (χ0n) is 10.3. The average Bonchev–Trinajstić information content (AvgIpc) is 2.38. The second-order valence-corrected chi connectivity index (χ2v) is 3.63. The van der Waals surface area contributed by atoms with Gasteiger partial charge in [0.05, 0.1) is 13.2 Å². The maximum absolute atomic E-state index is 11.7. The Balaban J connectivity index is 3.11. The SMILES string of the molecule is CCCCOc1c(C(=O)O)oc(CN=[N+]=[N-])cc1=O. The van der Waals surface area contributed by atoms with Gasteiger partial charge in [0.25, 0.3) is 5.76 Å². The number of aromatic carboxylic acids is 1. The van der Waals surface area contributed by atoms with Crippen LogP contribution in [0.1, 0.15) is 36.1 Å². The lowest BCUT2D eigenvalue weighted by Crippen LogP contribution is -2.15. The van der Waals surface area contributed by atoms with Crippen LogP contribution in [0.4, 0.5) is 0 Å². The van der Waals surface area contributed by atoms with Crippen LogP contribution in [0.3, 0.4) is 0 Å². The summed E-state index contributed by atoms with van der Waals surface area (Å²) in [4.78, 5) is 25.3. The third-order valence-electron chi connectivity index (χ3n) is 2.18. The van der Waals surface area contributed by atoms with Gasteiger partial charge in [-0.2, -0.15) is 0 Å². The van der Waals surface area contributed by atoms with Crippen molar-refractivity contribution in [1.82, 2.24) is 0 Å². The van der Waals surface area contributed by atoms with Crippen LogP contribution in [0.15, 0.2) is 20.4 Å². The van der Waals surface area contributed by atoms with Crippen LogP contribution in [0.2, 0.25) is 0 Å². The molecule has 0 aliphatic heterocycles. The lowest BCUT2D eigenvalue weighted by molar-refractivity contribution is 0.0648. The molecule has 0 fully saturated rings. The zero-order valence-corrected chi connectivity index (χ0v) is 10.3. The minimum Gasteiger partial charge on any atom is -0.486 e. The third kappa shape index (κ3) is 4.04. The third-order valence-corrected chi connectivity index (χ3v) is 2.18. The van der Waals surface area contributed by atoms with Gasteiger partial charge in [-0.25, -0.2) is 4.79 Å². The van der Waals surface area contributed by atoms with E-state index in [1.54, 1.807) is 0 Å². The van der Waals surface area contributed by atoms with Crippen LogP contribution < -0.4 is 10.2 Å². The van der Waals surface area contributed by atoms with Crippen molar-refractivity contribution in [2.24, 2.45) is 5.11 Å². The summed E-state index contributed by atoms with van der Waals surface area (Å²) >= 11 is 0. The van der Waals surface area contributed by atoms with Gasteiger partial charge in [0.2, 0.25) is 11.2 Å². The topological polar surface area (TPSA) is 126 Å². The van der Waals surface area contributed by atoms with Crippen molar-refractivity contribution in [3.05, 3.63) is 38.3 Å². The van der Waals surface area contributed by atoms with Crippen molar-refractivity contribution in [3.8, 4) is 5.75 Å². The molecule has 8 nitrogen and oxygen atoms in total. The van der Waals surface area contributed by atoms with Crippen LogP contribution >= 0.6 is 0 Å². The Morgan fingerprint density at radius 2 is 2.37 bits per heavy atom. The van der Waals surface area contributed by atoms with Gasteiger partial charge in [-0.3, -0.25) is 4.79 Å². The molecule has 19 heavy (non-hydrogen) atoms. The summed E-state index contributed by atoms with van der Waals surface area (Å²) in [6.07, 6.45) is 1.54. The summed E-state index contributed by atoms with van der Waals surface area (Å²) in [5, 5.41) is 12.2. The Morgan fingerprint density at radius 3 is 2.95 bits per heavy atom. The van der Waals surface area contributed by atoms with Gasteiger partial charge in [0.1, 0.15) is 5.76 Å². The van der Waals surface area contributed by atoms with E-state index < -0.39 is 17.2 Å². The first-order chi connectivity index (χ1) is 9.10. The number of unbranched alkanes of at least 4 members (excludes halogenated alkanes) is 1. The zero-order chi connectivity index (χ0) is 14.3. The molecule has 1 rings (SSSR count). The molecule has 1 N–H and O–H groups in total. The van der Waals surface area contributed by atoms with Crippen LogP contribution in [0.25, 0.3) is 10.4 Å². The molecule has 0 saturated heterocycles. The van der Waals surface area contributed by atoms with Crippen LogP contribution in [0.5, 0.6) is 5.75 Å². The maximum Gasteiger partial charge on any atom is 0.375 e. The number of hydrogen-bond donors (Lipinski definition) is 1. The van der Waals surface area contributed by atoms with E-state index in [4.69, 9.17) is 19.8 Å². The highest BCUT2D eigenvalue weighted by atomic mass is 16.5. The molecular formula is C11H13N3O5. The predicted octanol–water partition coefficient (Wildman–Crippen LogP) is 2.33. The lowest BCUT2D eigenvalue weighted by Gasteiger charge is -2.07. The second kappa shape index (κ2) is 7.07. The van der Waals surface area contributed by atoms with Gasteiger partial charge in [0, 0.05) is 11.0 Å². The summed E-state index contributed by atoms with van der Waals surface area (Å²) in [7, 11) is 0. The molecule has 0 radical (unpaired) electrons. The number of carbonyl (C=O) groups is 1. The second-order valence-electron chi connectivity index (χ2n) is 3.63. The largest absolute Gasteiger partial charge is 0.486 e. The minimum atomic E-state index is -1.41. The first kappa shape index (κ1) is 14.6. The molecule has 0 spiro atoms. The van der Waals surface area contributed by atoms with Crippen molar-refractivity contribution in [2.45, 2.75) is 26.3 Å². The normalized spacial score (nSPS) is 9.74. The first-order valence-electron chi connectivity index (χ1n) is 5.64. The van der Waals surface area contributed by atoms with E-state index in [1.807, 2.05) is 6.92 Å². The van der Waals surface area contributed by atoms with Gasteiger partial charge < -0.3 is 14.3 Å². The molecule has 0 atom stereocenters. The van der Waals surface area contributed by atoms with E-state index in [0.29, 0.717) is 6.42 Å². The number of rotatable bonds is 7. The number of hydrogen-bond acceptors (Lipinski definition) is 5. The number of carboxylic acid groups (broad SMARTS) is 1. The molecule has 102 valence electrons. The van der Waals surface area contributed by atoms with E-state index in [1.165, 1.54) is 0 Å². The predicted molar refractivity (Wildman–Crippen MR) is 65.2 cm³/mol. The molecule has 1 aromatic heterocycles. The van der Waals surface area contributed by atoms with Gasteiger partial charge in [0.15, 0.2) is 0 Å².